The summed E-state index contributed by atoms with van der Waals surface area (Å²) in [5.74, 6) is 2.64. The van der Waals surface area contributed by atoms with Gasteiger partial charge in [-0.05, 0) is 11.8 Å². The number of amides is 1. The molecular formula is C6H5BrN4O. The number of hydrogen-bond acceptors (Lipinski definition) is 3. The number of aromatic nitrogens is 3. The lowest BCUT2D eigenvalue weighted by molar-refractivity contribution is -0.111. The molecule has 0 radical (unpaired) electrons. The molecule has 1 heterocycles. The average Bonchev–Trinajstić information content (AvgIpc) is 2.36. The van der Waals surface area contributed by atoms with Gasteiger partial charge in [0.05, 0.1) is 0 Å². The molecule has 62 valence electrons. The first-order valence-corrected chi connectivity index (χ1v) is 3.83. The van der Waals surface area contributed by atoms with E-state index < -0.39 is 5.91 Å². The summed E-state index contributed by atoms with van der Waals surface area (Å²) >= 11 is 2.80. The Labute approximate surface area is 77.1 Å². The number of aromatic amines is 1. The van der Waals surface area contributed by atoms with Crippen molar-refractivity contribution in [3.8, 4) is 10.8 Å². The van der Waals surface area contributed by atoms with Crippen LogP contribution in [-0.4, -0.2) is 21.1 Å². The Balaban J connectivity index is 2.62. The Morgan fingerprint density at radius 2 is 2.50 bits per heavy atom. The normalized spacial score (nSPS) is 8.50. The van der Waals surface area contributed by atoms with Crippen LogP contribution in [0.5, 0.6) is 0 Å². The second-order valence-electron chi connectivity index (χ2n) is 1.92. The summed E-state index contributed by atoms with van der Waals surface area (Å²) < 4.78 is 0. The molecule has 0 aliphatic rings. The van der Waals surface area contributed by atoms with Crippen molar-refractivity contribution in [2.24, 2.45) is 0 Å². The third-order valence-corrected chi connectivity index (χ3v) is 1.18. The van der Waals surface area contributed by atoms with E-state index in [1.54, 1.807) is 6.92 Å². The van der Waals surface area contributed by atoms with Crippen molar-refractivity contribution in [2.75, 3.05) is 5.32 Å². The number of carbonyl (C=O) groups is 1. The number of aryl methyl sites for hydroxylation is 1. The largest absolute Gasteiger partial charge is 0.303 e. The van der Waals surface area contributed by atoms with Crippen molar-refractivity contribution in [3.05, 3.63) is 5.82 Å². The van der Waals surface area contributed by atoms with Crippen LogP contribution in [0, 0.1) is 17.7 Å². The second-order valence-corrected chi connectivity index (χ2v) is 2.31. The van der Waals surface area contributed by atoms with Gasteiger partial charge in [0, 0.05) is 21.9 Å². The number of nitrogens with one attached hydrogen (secondary N) is 2. The lowest BCUT2D eigenvalue weighted by atomic mass is 10.6. The van der Waals surface area contributed by atoms with Crippen molar-refractivity contribution in [3.63, 3.8) is 0 Å². The predicted octanol–water partition coefficient (Wildman–Crippen LogP) is 0.407. The van der Waals surface area contributed by atoms with E-state index in [-0.39, 0.29) is 5.95 Å². The Morgan fingerprint density at radius 1 is 1.75 bits per heavy atom. The van der Waals surface area contributed by atoms with Crippen molar-refractivity contribution >= 4 is 27.8 Å². The summed E-state index contributed by atoms with van der Waals surface area (Å²) in [6.45, 7) is 1.73. The van der Waals surface area contributed by atoms with Crippen LogP contribution in [0.2, 0.25) is 0 Å². The third-order valence-electron chi connectivity index (χ3n) is 0.983. The number of rotatable bonds is 1. The molecular weight excluding hydrogens is 224 g/mol. The minimum atomic E-state index is -0.453. The standard InChI is InChI=1S/C6H5BrN4O/c1-4-8-6(11-10-4)9-5(12)2-3-7/h1H3,(H2,8,9,10,11,12). The molecule has 1 aromatic rings. The average molecular weight is 229 g/mol. The molecule has 0 bridgehead atoms. The van der Waals surface area contributed by atoms with Crippen LogP contribution in [-0.2, 0) is 4.79 Å². The Bertz CT molecular complexity index is 348. The predicted molar refractivity (Wildman–Crippen MR) is 46.5 cm³/mol. The molecule has 0 aromatic carbocycles. The van der Waals surface area contributed by atoms with Gasteiger partial charge < -0.3 is 0 Å². The van der Waals surface area contributed by atoms with Gasteiger partial charge in [-0.1, -0.05) is 0 Å². The molecule has 0 aliphatic heterocycles. The van der Waals surface area contributed by atoms with Gasteiger partial charge in [-0.2, -0.15) is 4.98 Å². The number of hydrogen-bond donors (Lipinski definition) is 2. The molecule has 0 saturated heterocycles. The summed E-state index contributed by atoms with van der Waals surface area (Å²) in [4.78, 5) is 16.9. The van der Waals surface area contributed by atoms with Crippen molar-refractivity contribution in [1.29, 1.82) is 0 Å². The number of nitrogens with zero attached hydrogens (tertiary/aromatic N) is 2. The minimum Gasteiger partial charge on any atom is -0.282 e. The molecule has 6 heteroatoms. The molecule has 0 saturated carbocycles. The molecule has 1 amide bonds. The fourth-order valence-electron chi connectivity index (χ4n) is 0.574. The van der Waals surface area contributed by atoms with Crippen LogP contribution < -0.4 is 5.32 Å². The van der Waals surface area contributed by atoms with E-state index in [0.717, 1.165) is 0 Å². The fourth-order valence-corrected chi connectivity index (χ4v) is 0.754. The van der Waals surface area contributed by atoms with E-state index in [1.165, 1.54) is 0 Å². The number of carbonyl (C=O) groups excluding carboxylic acids is 1. The SMILES string of the molecule is Cc1nc(NC(=O)C#CBr)n[nH]1. The van der Waals surface area contributed by atoms with Gasteiger partial charge in [0.15, 0.2) is 0 Å². The lowest BCUT2D eigenvalue weighted by Gasteiger charge is -1.89. The van der Waals surface area contributed by atoms with Gasteiger partial charge in [-0.3, -0.25) is 15.2 Å². The van der Waals surface area contributed by atoms with Crippen molar-refractivity contribution in [1.82, 2.24) is 15.2 Å². The zero-order valence-corrected chi connectivity index (χ0v) is 7.77. The maximum absolute atomic E-state index is 10.8. The summed E-state index contributed by atoms with van der Waals surface area (Å²) in [7, 11) is 0. The fraction of sp³-hybridized carbons (Fsp3) is 0.167. The molecule has 0 fully saturated rings. The summed E-state index contributed by atoms with van der Waals surface area (Å²) in [5.41, 5.74) is 0. The van der Waals surface area contributed by atoms with Crippen molar-refractivity contribution < 1.29 is 4.79 Å². The van der Waals surface area contributed by atoms with Crippen LogP contribution in [0.15, 0.2) is 0 Å². The lowest BCUT2D eigenvalue weighted by Crippen LogP contribution is -2.09. The molecule has 0 unspecified atom stereocenters. The van der Waals surface area contributed by atoms with Gasteiger partial charge in [0.1, 0.15) is 5.82 Å². The number of anilines is 1. The highest BCUT2D eigenvalue weighted by molar-refractivity contribution is 9.12. The smallest absolute Gasteiger partial charge is 0.282 e. The highest BCUT2D eigenvalue weighted by Crippen LogP contribution is 1.95. The van der Waals surface area contributed by atoms with Crippen LogP contribution in [0.25, 0.3) is 0 Å². The quantitative estimate of drug-likeness (QED) is 0.685. The molecule has 0 aliphatic carbocycles. The van der Waals surface area contributed by atoms with Gasteiger partial charge in [0.2, 0.25) is 5.95 Å². The van der Waals surface area contributed by atoms with Gasteiger partial charge in [0.25, 0.3) is 0 Å². The molecule has 0 spiro atoms. The number of halogens is 1. The van der Waals surface area contributed by atoms with E-state index in [1.807, 2.05) is 0 Å². The van der Waals surface area contributed by atoms with E-state index >= 15 is 0 Å². The van der Waals surface area contributed by atoms with Crippen LogP contribution >= 0.6 is 15.9 Å². The van der Waals surface area contributed by atoms with Crippen LogP contribution in [0.1, 0.15) is 5.82 Å². The molecule has 0 atom stereocenters. The summed E-state index contributed by atoms with van der Waals surface area (Å²) in [6, 6.07) is 0. The highest BCUT2D eigenvalue weighted by atomic mass is 79.9. The first kappa shape index (κ1) is 8.74. The number of H-pyrrole nitrogens is 1. The zero-order valence-electron chi connectivity index (χ0n) is 6.18. The Hall–Kier alpha value is -1.35. The second kappa shape index (κ2) is 3.88. The first-order chi connectivity index (χ1) is 5.72. The molecule has 12 heavy (non-hydrogen) atoms. The van der Waals surface area contributed by atoms with Gasteiger partial charge in [-0.15, -0.1) is 5.10 Å². The Morgan fingerprint density at radius 3 is 3.00 bits per heavy atom. The van der Waals surface area contributed by atoms with E-state index in [9.17, 15) is 4.79 Å². The minimum absolute atomic E-state index is 0.229. The molecule has 1 rings (SSSR count). The van der Waals surface area contributed by atoms with Gasteiger partial charge >= 0.3 is 5.91 Å². The molecule has 5 nitrogen and oxygen atoms in total. The first-order valence-electron chi connectivity index (χ1n) is 3.04. The zero-order chi connectivity index (χ0) is 8.97. The van der Waals surface area contributed by atoms with Crippen LogP contribution in [0.3, 0.4) is 0 Å². The summed E-state index contributed by atoms with van der Waals surface area (Å²) in [5, 5.41) is 8.63. The van der Waals surface area contributed by atoms with Crippen LogP contribution in [0.4, 0.5) is 5.95 Å². The van der Waals surface area contributed by atoms with E-state index in [2.05, 4.69) is 47.2 Å². The highest BCUT2D eigenvalue weighted by Gasteiger charge is 2.01. The van der Waals surface area contributed by atoms with E-state index in [0.29, 0.717) is 5.82 Å². The van der Waals surface area contributed by atoms with E-state index in [4.69, 9.17) is 0 Å². The third kappa shape index (κ3) is 2.36. The Kier molecular flexibility index (Phi) is 2.82. The summed E-state index contributed by atoms with van der Waals surface area (Å²) in [6.07, 6.45) is 0. The van der Waals surface area contributed by atoms with Gasteiger partial charge in [-0.25, -0.2) is 0 Å². The molecule has 2 N–H and O–H groups in total. The topological polar surface area (TPSA) is 70.7 Å². The maximum Gasteiger partial charge on any atom is 0.303 e. The monoisotopic (exact) mass is 228 g/mol. The molecule has 1 aromatic heterocycles. The van der Waals surface area contributed by atoms with Crippen molar-refractivity contribution in [2.45, 2.75) is 6.92 Å². The maximum atomic E-state index is 10.8.